The molecule has 146 valence electrons. The van der Waals surface area contributed by atoms with Gasteiger partial charge in [0.05, 0.1) is 12.5 Å². The number of anilines is 2. The Morgan fingerprint density at radius 3 is 2.11 bits per heavy atom. The van der Waals surface area contributed by atoms with Crippen LogP contribution >= 0.6 is 0 Å². The van der Waals surface area contributed by atoms with Crippen LogP contribution in [0, 0.1) is 0 Å². The Bertz CT molecular complexity index is 832. The first-order valence-electron chi connectivity index (χ1n) is 9.29. The van der Waals surface area contributed by atoms with E-state index in [2.05, 4.69) is 21.3 Å². The Morgan fingerprint density at radius 1 is 0.929 bits per heavy atom. The van der Waals surface area contributed by atoms with Crippen LogP contribution < -0.4 is 21.3 Å². The molecule has 4 N–H and O–H groups in total. The third-order valence-corrected chi connectivity index (χ3v) is 4.31. The molecular weight excluding hydrogens is 356 g/mol. The SMILES string of the molecule is CC(=O)NC(CC(=O)Nc1ccc(NC(=O)NC2CC2)cc1)c1ccccc1. The summed E-state index contributed by atoms with van der Waals surface area (Å²) in [5, 5.41) is 11.2. The summed E-state index contributed by atoms with van der Waals surface area (Å²) >= 11 is 0. The number of benzene rings is 2. The zero-order valence-corrected chi connectivity index (χ0v) is 15.7. The van der Waals surface area contributed by atoms with Gasteiger partial charge in [-0.2, -0.15) is 0 Å². The maximum Gasteiger partial charge on any atom is 0.319 e. The number of amides is 4. The zero-order chi connectivity index (χ0) is 19.9. The monoisotopic (exact) mass is 380 g/mol. The molecule has 1 fully saturated rings. The summed E-state index contributed by atoms with van der Waals surface area (Å²) in [6.07, 6.45) is 2.18. The number of urea groups is 1. The first-order valence-corrected chi connectivity index (χ1v) is 9.29. The molecule has 1 aliphatic carbocycles. The molecule has 3 rings (SSSR count). The van der Waals surface area contributed by atoms with Gasteiger partial charge in [0.15, 0.2) is 0 Å². The highest BCUT2D eigenvalue weighted by Gasteiger charge is 2.23. The highest BCUT2D eigenvalue weighted by molar-refractivity contribution is 5.93. The van der Waals surface area contributed by atoms with E-state index in [0.717, 1.165) is 18.4 Å². The van der Waals surface area contributed by atoms with E-state index in [1.54, 1.807) is 24.3 Å². The second-order valence-electron chi connectivity index (χ2n) is 6.87. The van der Waals surface area contributed by atoms with Crippen LogP contribution in [0.1, 0.15) is 37.8 Å². The van der Waals surface area contributed by atoms with Gasteiger partial charge in [0.2, 0.25) is 11.8 Å². The minimum absolute atomic E-state index is 0.118. The Hall–Kier alpha value is -3.35. The molecule has 2 aromatic carbocycles. The van der Waals surface area contributed by atoms with Crippen LogP contribution in [0.4, 0.5) is 16.2 Å². The summed E-state index contributed by atoms with van der Waals surface area (Å²) in [6, 6.07) is 15.9. The quantitative estimate of drug-likeness (QED) is 0.594. The lowest BCUT2D eigenvalue weighted by Crippen LogP contribution is -2.30. The Kier molecular flexibility index (Phi) is 6.26. The van der Waals surface area contributed by atoms with E-state index in [0.29, 0.717) is 17.4 Å². The van der Waals surface area contributed by atoms with Crippen LogP contribution in [0.3, 0.4) is 0 Å². The Morgan fingerprint density at radius 2 is 1.54 bits per heavy atom. The van der Waals surface area contributed by atoms with Crippen LogP contribution in [0.15, 0.2) is 54.6 Å². The van der Waals surface area contributed by atoms with Crippen molar-refractivity contribution in [3.05, 3.63) is 60.2 Å². The van der Waals surface area contributed by atoms with Crippen LogP contribution in [0.5, 0.6) is 0 Å². The summed E-state index contributed by atoms with van der Waals surface area (Å²) in [5.41, 5.74) is 2.14. The second-order valence-corrected chi connectivity index (χ2v) is 6.87. The molecule has 0 bridgehead atoms. The van der Waals surface area contributed by atoms with Gasteiger partial charge in [-0.1, -0.05) is 30.3 Å². The minimum atomic E-state index is -0.397. The van der Waals surface area contributed by atoms with Crippen molar-refractivity contribution in [3.63, 3.8) is 0 Å². The molecule has 28 heavy (non-hydrogen) atoms. The molecule has 7 heteroatoms. The topological polar surface area (TPSA) is 99.3 Å². The van der Waals surface area contributed by atoms with Crippen LogP contribution in [0.25, 0.3) is 0 Å². The molecule has 7 nitrogen and oxygen atoms in total. The van der Waals surface area contributed by atoms with Crippen molar-refractivity contribution in [1.82, 2.24) is 10.6 Å². The van der Waals surface area contributed by atoms with E-state index in [1.165, 1.54) is 6.92 Å². The van der Waals surface area contributed by atoms with E-state index >= 15 is 0 Å². The summed E-state index contributed by atoms with van der Waals surface area (Å²) < 4.78 is 0. The van der Waals surface area contributed by atoms with E-state index in [4.69, 9.17) is 0 Å². The van der Waals surface area contributed by atoms with Gasteiger partial charge in [0.1, 0.15) is 0 Å². The van der Waals surface area contributed by atoms with Gasteiger partial charge >= 0.3 is 6.03 Å². The predicted molar refractivity (Wildman–Crippen MR) is 108 cm³/mol. The summed E-state index contributed by atoms with van der Waals surface area (Å²) in [7, 11) is 0. The van der Waals surface area contributed by atoms with Crippen LogP contribution in [0.2, 0.25) is 0 Å². The predicted octanol–water partition coefficient (Wildman–Crippen LogP) is 3.18. The molecule has 1 aliphatic rings. The second kappa shape index (κ2) is 9.03. The Labute approximate surface area is 163 Å². The van der Waals surface area contributed by atoms with Gasteiger partial charge in [-0.05, 0) is 42.7 Å². The first-order chi connectivity index (χ1) is 13.5. The van der Waals surface area contributed by atoms with Gasteiger partial charge < -0.3 is 21.3 Å². The maximum absolute atomic E-state index is 12.4. The van der Waals surface area contributed by atoms with Gasteiger partial charge in [-0.25, -0.2) is 4.79 Å². The molecular formula is C21H24N4O3. The Balaban J connectivity index is 1.55. The molecule has 4 amide bonds. The number of carbonyl (C=O) groups is 3. The van der Waals surface area contributed by atoms with Gasteiger partial charge in [-0.3, -0.25) is 9.59 Å². The lowest BCUT2D eigenvalue weighted by Gasteiger charge is -2.18. The third kappa shape index (κ3) is 6.12. The molecule has 2 aromatic rings. The maximum atomic E-state index is 12.4. The van der Waals surface area contributed by atoms with Crippen molar-refractivity contribution in [2.45, 2.75) is 38.3 Å². The molecule has 0 spiro atoms. The number of hydrogen-bond acceptors (Lipinski definition) is 3. The number of nitrogens with one attached hydrogen (secondary N) is 4. The third-order valence-electron chi connectivity index (χ3n) is 4.31. The summed E-state index contributed by atoms with van der Waals surface area (Å²) in [4.78, 5) is 35.7. The average Bonchev–Trinajstić information content (AvgIpc) is 3.47. The molecule has 1 saturated carbocycles. The number of carbonyl (C=O) groups excluding carboxylic acids is 3. The minimum Gasteiger partial charge on any atom is -0.349 e. The first kappa shape index (κ1) is 19.4. The summed E-state index contributed by atoms with van der Waals surface area (Å²) in [5.74, 6) is -0.406. The smallest absolute Gasteiger partial charge is 0.319 e. The van der Waals surface area contributed by atoms with Crippen molar-refractivity contribution < 1.29 is 14.4 Å². The molecule has 0 heterocycles. The normalized spacial score (nSPS) is 13.9. The van der Waals surface area contributed by atoms with E-state index in [1.807, 2.05) is 30.3 Å². The van der Waals surface area contributed by atoms with E-state index in [-0.39, 0.29) is 24.3 Å². The van der Waals surface area contributed by atoms with Crippen molar-refractivity contribution in [2.75, 3.05) is 10.6 Å². The van der Waals surface area contributed by atoms with Crippen LogP contribution in [-0.4, -0.2) is 23.9 Å². The fourth-order valence-corrected chi connectivity index (χ4v) is 2.80. The van der Waals surface area contributed by atoms with Crippen molar-refractivity contribution in [2.24, 2.45) is 0 Å². The largest absolute Gasteiger partial charge is 0.349 e. The molecule has 0 aromatic heterocycles. The molecule has 0 aliphatic heterocycles. The summed E-state index contributed by atoms with van der Waals surface area (Å²) in [6.45, 7) is 1.43. The fourth-order valence-electron chi connectivity index (χ4n) is 2.80. The number of hydrogen-bond donors (Lipinski definition) is 4. The van der Waals surface area contributed by atoms with Gasteiger partial charge in [0.25, 0.3) is 0 Å². The molecule has 0 radical (unpaired) electrons. The van der Waals surface area contributed by atoms with Crippen molar-refractivity contribution >= 4 is 29.2 Å². The van der Waals surface area contributed by atoms with Gasteiger partial charge in [-0.15, -0.1) is 0 Å². The van der Waals surface area contributed by atoms with Gasteiger partial charge in [0, 0.05) is 24.3 Å². The molecule has 1 atom stereocenters. The van der Waals surface area contributed by atoms with E-state index in [9.17, 15) is 14.4 Å². The highest BCUT2D eigenvalue weighted by Crippen LogP contribution is 2.20. The lowest BCUT2D eigenvalue weighted by molar-refractivity contribution is -0.120. The molecule has 1 unspecified atom stereocenters. The highest BCUT2D eigenvalue weighted by atomic mass is 16.2. The van der Waals surface area contributed by atoms with Crippen LogP contribution in [-0.2, 0) is 9.59 Å². The zero-order valence-electron chi connectivity index (χ0n) is 15.7. The molecule has 0 saturated heterocycles. The fraction of sp³-hybridized carbons (Fsp3) is 0.286. The average molecular weight is 380 g/mol. The van der Waals surface area contributed by atoms with Crippen molar-refractivity contribution in [1.29, 1.82) is 0 Å². The standard InChI is InChI=1S/C21H24N4O3/c1-14(26)22-19(15-5-3-2-4-6-15)13-20(27)23-16-7-9-17(10-8-16)24-21(28)25-18-11-12-18/h2-10,18-19H,11-13H2,1H3,(H,22,26)(H,23,27)(H2,24,25,28). The number of rotatable bonds is 7. The lowest BCUT2D eigenvalue weighted by atomic mass is 10.0. The van der Waals surface area contributed by atoms with E-state index < -0.39 is 6.04 Å². The van der Waals surface area contributed by atoms with Crippen molar-refractivity contribution in [3.8, 4) is 0 Å².